The minimum Gasteiger partial charge on any atom is -0.375 e. The van der Waals surface area contributed by atoms with Gasteiger partial charge in [0.15, 0.2) is 0 Å². The summed E-state index contributed by atoms with van der Waals surface area (Å²) < 4.78 is 5.78. The second-order valence-electron chi connectivity index (χ2n) is 8.35. The molecule has 0 aromatic carbocycles. The van der Waals surface area contributed by atoms with Gasteiger partial charge in [-0.05, 0) is 64.3 Å². The first-order valence-corrected chi connectivity index (χ1v) is 10.5. The van der Waals surface area contributed by atoms with Crippen LogP contribution in [0.15, 0.2) is 18.3 Å². The highest BCUT2D eigenvalue weighted by molar-refractivity contribution is 5.94. The van der Waals surface area contributed by atoms with Gasteiger partial charge in [0, 0.05) is 31.9 Å². The molecule has 3 saturated heterocycles. The van der Waals surface area contributed by atoms with Gasteiger partial charge in [-0.15, -0.1) is 0 Å². The Morgan fingerprint density at radius 3 is 2.70 bits per heavy atom. The molecule has 0 unspecified atom stereocenters. The van der Waals surface area contributed by atoms with Crippen molar-refractivity contribution in [1.82, 2.24) is 15.2 Å². The summed E-state index contributed by atoms with van der Waals surface area (Å²) >= 11 is 0. The van der Waals surface area contributed by atoms with Crippen LogP contribution >= 0.6 is 0 Å². The summed E-state index contributed by atoms with van der Waals surface area (Å²) in [6.45, 7) is 4.78. The van der Waals surface area contributed by atoms with Gasteiger partial charge in [0.1, 0.15) is 5.82 Å². The van der Waals surface area contributed by atoms with E-state index in [1.807, 2.05) is 12.1 Å². The van der Waals surface area contributed by atoms with E-state index in [4.69, 9.17) is 4.74 Å². The molecule has 1 amide bonds. The van der Waals surface area contributed by atoms with Crippen molar-refractivity contribution >= 4 is 11.7 Å². The summed E-state index contributed by atoms with van der Waals surface area (Å²) in [4.78, 5) is 21.7. The Kier molecular flexibility index (Phi) is 5.64. The molecule has 148 valence electrons. The van der Waals surface area contributed by atoms with Crippen molar-refractivity contribution < 1.29 is 9.53 Å². The van der Waals surface area contributed by atoms with Crippen LogP contribution < -0.4 is 10.2 Å². The van der Waals surface area contributed by atoms with E-state index in [1.165, 1.54) is 32.2 Å². The molecule has 4 heterocycles. The normalized spacial score (nSPS) is 25.2. The monoisotopic (exact) mass is 372 g/mol. The fourth-order valence-corrected chi connectivity index (χ4v) is 4.60. The minimum absolute atomic E-state index is 0.0204. The van der Waals surface area contributed by atoms with Gasteiger partial charge in [0.05, 0.1) is 17.8 Å². The number of hydrogen-bond acceptors (Lipinski definition) is 5. The van der Waals surface area contributed by atoms with E-state index in [-0.39, 0.29) is 11.5 Å². The van der Waals surface area contributed by atoms with E-state index >= 15 is 0 Å². The van der Waals surface area contributed by atoms with Crippen LogP contribution in [0, 0.1) is 0 Å². The van der Waals surface area contributed by atoms with Gasteiger partial charge in [0.25, 0.3) is 5.91 Å². The number of rotatable bonds is 5. The van der Waals surface area contributed by atoms with Crippen molar-refractivity contribution in [3.63, 3.8) is 0 Å². The summed E-state index contributed by atoms with van der Waals surface area (Å²) in [6, 6.07) is 4.47. The molecule has 3 aliphatic heterocycles. The van der Waals surface area contributed by atoms with Crippen molar-refractivity contribution in [2.45, 2.75) is 56.6 Å². The highest BCUT2D eigenvalue weighted by Crippen LogP contribution is 2.37. The van der Waals surface area contributed by atoms with E-state index in [2.05, 4.69) is 27.1 Å². The highest BCUT2D eigenvalue weighted by atomic mass is 16.5. The molecule has 0 bridgehead atoms. The number of aromatic nitrogens is 1. The predicted molar refractivity (Wildman–Crippen MR) is 106 cm³/mol. The lowest BCUT2D eigenvalue weighted by molar-refractivity contribution is -0.158. The summed E-state index contributed by atoms with van der Waals surface area (Å²) in [6.07, 6.45) is 9.92. The summed E-state index contributed by atoms with van der Waals surface area (Å²) in [7, 11) is 2.19. The number of likely N-dealkylation sites (tertiary alicyclic amines) is 1. The second kappa shape index (κ2) is 8.15. The van der Waals surface area contributed by atoms with Gasteiger partial charge in [-0.3, -0.25) is 4.79 Å². The molecule has 4 rings (SSSR count). The van der Waals surface area contributed by atoms with E-state index < -0.39 is 0 Å². The number of carbonyl (C=O) groups excluding carboxylic acids is 1. The maximum absolute atomic E-state index is 12.4. The number of carbonyl (C=O) groups is 1. The third kappa shape index (κ3) is 4.27. The molecular formula is C21H32N4O2. The Balaban J connectivity index is 1.24. The Hall–Kier alpha value is -1.66. The zero-order valence-corrected chi connectivity index (χ0v) is 16.5. The topological polar surface area (TPSA) is 57.7 Å². The number of nitrogens with one attached hydrogen (secondary N) is 1. The van der Waals surface area contributed by atoms with Crippen LogP contribution in [0.3, 0.4) is 0 Å². The van der Waals surface area contributed by atoms with Crippen LogP contribution in [0.25, 0.3) is 0 Å². The predicted octanol–water partition coefficient (Wildman–Crippen LogP) is 2.45. The fourth-order valence-electron chi connectivity index (χ4n) is 4.60. The first-order valence-electron chi connectivity index (χ1n) is 10.5. The number of ether oxygens (including phenoxy) is 1. The number of hydrogen-bond donors (Lipinski definition) is 1. The molecule has 1 aromatic rings. The van der Waals surface area contributed by atoms with E-state index in [9.17, 15) is 4.79 Å². The molecule has 1 aromatic heterocycles. The van der Waals surface area contributed by atoms with Gasteiger partial charge >= 0.3 is 0 Å². The quantitative estimate of drug-likeness (QED) is 0.860. The summed E-state index contributed by atoms with van der Waals surface area (Å²) in [5.41, 5.74) is 0.800. The molecule has 27 heavy (non-hydrogen) atoms. The molecule has 3 fully saturated rings. The first kappa shape index (κ1) is 18.7. The van der Waals surface area contributed by atoms with Crippen LogP contribution in [0.1, 0.15) is 55.3 Å². The number of nitrogens with zero attached hydrogens (tertiary/aromatic N) is 3. The van der Waals surface area contributed by atoms with Crippen LogP contribution in [0.2, 0.25) is 0 Å². The average molecular weight is 373 g/mol. The molecule has 6 nitrogen and oxygen atoms in total. The van der Waals surface area contributed by atoms with Gasteiger partial charge < -0.3 is 19.9 Å². The molecule has 1 N–H and O–H groups in total. The van der Waals surface area contributed by atoms with E-state index in [0.717, 1.165) is 51.3 Å². The number of piperidine rings is 2. The van der Waals surface area contributed by atoms with Crippen LogP contribution in [-0.4, -0.2) is 67.3 Å². The zero-order valence-electron chi connectivity index (χ0n) is 16.5. The maximum Gasteiger partial charge on any atom is 0.252 e. The molecule has 0 saturated carbocycles. The van der Waals surface area contributed by atoms with Crippen LogP contribution in [-0.2, 0) is 4.74 Å². The van der Waals surface area contributed by atoms with Gasteiger partial charge in [-0.25, -0.2) is 4.98 Å². The van der Waals surface area contributed by atoms with E-state index in [0.29, 0.717) is 11.6 Å². The smallest absolute Gasteiger partial charge is 0.252 e. The lowest BCUT2D eigenvalue weighted by Crippen LogP contribution is -2.52. The summed E-state index contributed by atoms with van der Waals surface area (Å²) in [5.74, 6) is 0.942. The molecule has 1 spiro atoms. The number of pyridine rings is 1. The third-order valence-electron chi connectivity index (χ3n) is 6.66. The minimum atomic E-state index is -0.0204. The Morgan fingerprint density at radius 2 is 2.07 bits per heavy atom. The SMILES string of the molecule is CN1CCCC[C@@H]1CCNC(=O)c1ccc(N2CCC3(CCO3)CC2)nc1. The molecule has 6 heteroatoms. The molecule has 3 aliphatic rings. The van der Waals surface area contributed by atoms with Crippen molar-refractivity contribution in [3.05, 3.63) is 23.9 Å². The first-order chi connectivity index (χ1) is 13.2. The zero-order chi connectivity index (χ0) is 18.7. The largest absolute Gasteiger partial charge is 0.375 e. The van der Waals surface area contributed by atoms with Crippen LogP contribution in [0.4, 0.5) is 5.82 Å². The van der Waals surface area contributed by atoms with Gasteiger partial charge in [-0.1, -0.05) is 6.42 Å². The number of anilines is 1. The second-order valence-corrected chi connectivity index (χ2v) is 8.35. The number of amides is 1. The molecule has 0 aliphatic carbocycles. The van der Waals surface area contributed by atoms with E-state index in [1.54, 1.807) is 6.20 Å². The van der Waals surface area contributed by atoms with Gasteiger partial charge in [-0.2, -0.15) is 0 Å². The molecule has 1 atom stereocenters. The molecular weight excluding hydrogens is 340 g/mol. The standard InChI is InChI=1S/C21H32N4O2/c1-24-12-3-2-4-18(24)7-11-22-20(26)17-5-6-19(23-16-17)25-13-8-21(9-14-25)10-15-27-21/h5-6,16,18H,2-4,7-15H2,1H3,(H,22,26)/t18-/m1/s1. The van der Waals surface area contributed by atoms with Crippen molar-refractivity contribution in [2.75, 3.05) is 44.7 Å². The lowest BCUT2D eigenvalue weighted by atomic mass is 9.84. The van der Waals surface area contributed by atoms with Crippen molar-refractivity contribution in [3.8, 4) is 0 Å². The fraction of sp³-hybridized carbons (Fsp3) is 0.714. The Morgan fingerprint density at radius 1 is 1.26 bits per heavy atom. The Bertz CT molecular complexity index is 634. The van der Waals surface area contributed by atoms with Crippen LogP contribution in [0.5, 0.6) is 0 Å². The molecule has 0 radical (unpaired) electrons. The summed E-state index contributed by atoms with van der Waals surface area (Å²) in [5, 5.41) is 3.06. The average Bonchev–Trinajstić information content (AvgIpc) is 2.68. The van der Waals surface area contributed by atoms with Gasteiger partial charge in [0.2, 0.25) is 0 Å². The van der Waals surface area contributed by atoms with Crippen molar-refractivity contribution in [2.24, 2.45) is 0 Å². The van der Waals surface area contributed by atoms with Crippen molar-refractivity contribution in [1.29, 1.82) is 0 Å². The highest BCUT2D eigenvalue weighted by Gasteiger charge is 2.41. The Labute approximate surface area is 162 Å². The third-order valence-corrected chi connectivity index (χ3v) is 6.66. The maximum atomic E-state index is 12.4. The lowest BCUT2D eigenvalue weighted by Gasteiger charge is -2.47.